The molecule has 1 atom stereocenters. The van der Waals surface area contributed by atoms with Crippen molar-refractivity contribution in [3.63, 3.8) is 0 Å². The minimum atomic E-state index is -0.300. The van der Waals surface area contributed by atoms with Gasteiger partial charge in [-0.1, -0.05) is 25.1 Å². The van der Waals surface area contributed by atoms with Crippen LogP contribution in [0, 0.1) is 6.92 Å². The van der Waals surface area contributed by atoms with E-state index in [0.29, 0.717) is 42.5 Å². The maximum absolute atomic E-state index is 13.6. The number of furan rings is 1. The molecule has 3 aromatic rings. The Kier molecular flexibility index (Phi) is 10.0. The molecule has 0 fully saturated rings. The van der Waals surface area contributed by atoms with Crippen LogP contribution in [0.25, 0.3) is 0 Å². The summed E-state index contributed by atoms with van der Waals surface area (Å²) < 4.78 is 16.3. The third-order valence-electron chi connectivity index (χ3n) is 6.36. The van der Waals surface area contributed by atoms with Gasteiger partial charge in [-0.05, 0) is 74.2 Å². The van der Waals surface area contributed by atoms with Gasteiger partial charge in [-0.15, -0.1) is 0 Å². The van der Waals surface area contributed by atoms with Gasteiger partial charge in [-0.25, -0.2) is 4.79 Å². The molecule has 37 heavy (non-hydrogen) atoms. The van der Waals surface area contributed by atoms with Gasteiger partial charge < -0.3 is 29.0 Å². The van der Waals surface area contributed by atoms with Crippen LogP contribution in [0.1, 0.15) is 37.2 Å². The number of aryl methyl sites for hydroxylation is 1. The molecular weight excluding hydrogens is 470 g/mol. The van der Waals surface area contributed by atoms with Crippen molar-refractivity contribution in [2.75, 3.05) is 32.6 Å². The predicted octanol–water partition coefficient (Wildman–Crippen LogP) is 5.51. The molecule has 198 valence electrons. The smallest absolute Gasteiger partial charge is 0.322 e. The first-order valence-electron chi connectivity index (χ1n) is 12.5. The highest BCUT2D eigenvalue weighted by Gasteiger charge is 2.25. The maximum atomic E-state index is 13.6. The monoisotopic (exact) mass is 507 g/mol. The summed E-state index contributed by atoms with van der Waals surface area (Å²) in [6.07, 6.45) is 2.91. The summed E-state index contributed by atoms with van der Waals surface area (Å²) in [4.78, 5) is 30.1. The Morgan fingerprint density at radius 3 is 2.46 bits per heavy atom. The summed E-state index contributed by atoms with van der Waals surface area (Å²) in [6.45, 7) is 6.63. The second-order valence-electron chi connectivity index (χ2n) is 9.02. The van der Waals surface area contributed by atoms with Crippen molar-refractivity contribution < 1.29 is 23.5 Å². The molecule has 8 nitrogen and oxygen atoms in total. The van der Waals surface area contributed by atoms with E-state index in [1.807, 2.05) is 69.3 Å². The van der Waals surface area contributed by atoms with Gasteiger partial charge in [0, 0.05) is 18.3 Å². The van der Waals surface area contributed by atoms with Crippen LogP contribution in [0.2, 0.25) is 0 Å². The number of carbonyl (C=O) groups excluding carboxylic acids is 2. The zero-order valence-electron chi connectivity index (χ0n) is 22.3. The molecule has 1 unspecified atom stereocenters. The number of anilines is 1. The standard InChI is InChI=1S/C29H37N3O5/c1-6-22(3)32(29(34)30-24-10-7-9-21(2)17-24)20-28(33)31(19-25-11-8-16-37-25)15-14-23-12-13-26(35-4)27(18-23)36-5/h7-13,16-18,22H,6,14-15,19-20H2,1-5H3,(H,30,34). The Labute approximate surface area is 219 Å². The summed E-state index contributed by atoms with van der Waals surface area (Å²) in [6, 6.07) is 16.5. The van der Waals surface area contributed by atoms with Gasteiger partial charge in [0.25, 0.3) is 0 Å². The van der Waals surface area contributed by atoms with Gasteiger partial charge in [-0.2, -0.15) is 0 Å². The average Bonchev–Trinajstić information content (AvgIpc) is 3.42. The number of urea groups is 1. The molecule has 1 N–H and O–H groups in total. The highest BCUT2D eigenvalue weighted by Crippen LogP contribution is 2.28. The Morgan fingerprint density at radius 2 is 1.81 bits per heavy atom. The number of ether oxygens (including phenoxy) is 2. The molecule has 2 aromatic carbocycles. The van der Waals surface area contributed by atoms with E-state index in [9.17, 15) is 9.59 Å². The van der Waals surface area contributed by atoms with Crippen LogP contribution < -0.4 is 14.8 Å². The summed E-state index contributed by atoms with van der Waals surface area (Å²) in [5, 5.41) is 2.94. The molecule has 3 rings (SSSR count). The van der Waals surface area contributed by atoms with E-state index in [-0.39, 0.29) is 24.5 Å². The first kappa shape index (κ1) is 27.6. The van der Waals surface area contributed by atoms with E-state index >= 15 is 0 Å². The van der Waals surface area contributed by atoms with Crippen LogP contribution in [0.3, 0.4) is 0 Å². The van der Waals surface area contributed by atoms with Crippen molar-refractivity contribution in [2.45, 2.75) is 46.2 Å². The topological polar surface area (TPSA) is 84.2 Å². The lowest BCUT2D eigenvalue weighted by Gasteiger charge is -2.31. The van der Waals surface area contributed by atoms with Crippen LogP contribution >= 0.6 is 0 Å². The number of nitrogens with zero attached hydrogens (tertiary/aromatic N) is 2. The highest BCUT2D eigenvalue weighted by molar-refractivity contribution is 5.92. The number of carbonyl (C=O) groups is 2. The van der Waals surface area contributed by atoms with Gasteiger partial charge in [0.2, 0.25) is 5.91 Å². The van der Waals surface area contributed by atoms with Gasteiger partial charge in [-0.3, -0.25) is 4.79 Å². The predicted molar refractivity (Wildman–Crippen MR) is 144 cm³/mol. The number of nitrogens with one attached hydrogen (secondary N) is 1. The normalized spacial score (nSPS) is 11.5. The Balaban J connectivity index is 1.76. The molecule has 0 bridgehead atoms. The molecule has 0 saturated carbocycles. The van der Waals surface area contributed by atoms with Crippen molar-refractivity contribution in [1.82, 2.24) is 9.80 Å². The number of hydrogen-bond donors (Lipinski definition) is 1. The summed E-state index contributed by atoms with van der Waals surface area (Å²) >= 11 is 0. The number of methoxy groups -OCH3 is 2. The van der Waals surface area contributed by atoms with Crippen molar-refractivity contribution in [3.8, 4) is 11.5 Å². The van der Waals surface area contributed by atoms with Crippen molar-refractivity contribution in [1.29, 1.82) is 0 Å². The van der Waals surface area contributed by atoms with E-state index in [4.69, 9.17) is 13.9 Å². The number of hydrogen-bond acceptors (Lipinski definition) is 5. The molecule has 0 aliphatic rings. The molecule has 1 aromatic heterocycles. The molecule has 3 amide bonds. The molecule has 0 aliphatic carbocycles. The SMILES string of the molecule is CCC(C)N(CC(=O)N(CCc1ccc(OC)c(OC)c1)Cc1ccco1)C(=O)Nc1cccc(C)c1. The zero-order valence-corrected chi connectivity index (χ0v) is 22.3. The molecular formula is C29H37N3O5. The first-order chi connectivity index (χ1) is 17.8. The molecule has 0 aliphatic heterocycles. The lowest BCUT2D eigenvalue weighted by atomic mass is 10.1. The molecule has 0 radical (unpaired) electrons. The number of rotatable bonds is 12. The Bertz CT molecular complexity index is 1160. The second-order valence-corrected chi connectivity index (χ2v) is 9.02. The third kappa shape index (κ3) is 7.77. The first-order valence-corrected chi connectivity index (χ1v) is 12.5. The summed E-state index contributed by atoms with van der Waals surface area (Å²) in [5.74, 6) is 1.81. The molecule has 0 saturated heterocycles. The maximum Gasteiger partial charge on any atom is 0.322 e. The van der Waals surface area contributed by atoms with Crippen LogP contribution in [0.5, 0.6) is 11.5 Å². The summed E-state index contributed by atoms with van der Waals surface area (Å²) in [5.41, 5.74) is 2.75. The Morgan fingerprint density at radius 1 is 1.03 bits per heavy atom. The van der Waals surface area contributed by atoms with Gasteiger partial charge in [0.1, 0.15) is 12.3 Å². The lowest BCUT2D eigenvalue weighted by Crippen LogP contribution is -2.48. The average molecular weight is 508 g/mol. The van der Waals surface area contributed by atoms with Crippen LogP contribution in [0.4, 0.5) is 10.5 Å². The minimum absolute atomic E-state index is 0.0424. The van der Waals surface area contributed by atoms with Crippen molar-refractivity contribution in [3.05, 3.63) is 77.7 Å². The quantitative estimate of drug-likeness (QED) is 0.350. The van der Waals surface area contributed by atoms with Gasteiger partial charge in [0.05, 0.1) is 27.0 Å². The molecule has 8 heteroatoms. The Hall–Kier alpha value is -3.94. The highest BCUT2D eigenvalue weighted by atomic mass is 16.5. The molecule has 0 spiro atoms. The van der Waals surface area contributed by atoms with E-state index < -0.39 is 0 Å². The fraction of sp³-hybridized carbons (Fsp3) is 0.379. The van der Waals surface area contributed by atoms with Crippen LogP contribution in [-0.4, -0.2) is 55.1 Å². The number of benzene rings is 2. The van der Waals surface area contributed by atoms with Crippen molar-refractivity contribution in [2.24, 2.45) is 0 Å². The van der Waals surface area contributed by atoms with Gasteiger partial charge in [0.15, 0.2) is 11.5 Å². The van der Waals surface area contributed by atoms with Crippen molar-refractivity contribution >= 4 is 17.6 Å². The van der Waals surface area contributed by atoms with E-state index in [1.165, 1.54) is 0 Å². The van der Waals surface area contributed by atoms with Crippen LogP contribution in [0.15, 0.2) is 65.3 Å². The summed E-state index contributed by atoms with van der Waals surface area (Å²) in [7, 11) is 3.19. The van der Waals surface area contributed by atoms with E-state index in [0.717, 1.165) is 17.5 Å². The number of amides is 3. The van der Waals surface area contributed by atoms with E-state index in [1.54, 1.807) is 36.3 Å². The largest absolute Gasteiger partial charge is 0.493 e. The fourth-order valence-corrected chi connectivity index (χ4v) is 3.99. The zero-order chi connectivity index (χ0) is 26.8. The molecule has 1 heterocycles. The fourth-order valence-electron chi connectivity index (χ4n) is 3.99. The van der Waals surface area contributed by atoms with E-state index in [2.05, 4.69) is 5.32 Å². The van der Waals surface area contributed by atoms with Crippen LogP contribution in [-0.2, 0) is 17.8 Å². The third-order valence-corrected chi connectivity index (χ3v) is 6.36. The minimum Gasteiger partial charge on any atom is -0.493 e. The van der Waals surface area contributed by atoms with Gasteiger partial charge >= 0.3 is 6.03 Å². The second kappa shape index (κ2) is 13.4. The lowest BCUT2D eigenvalue weighted by molar-refractivity contribution is -0.133.